The van der Waals surface area contributed by atoms with Crippen molar-refractivity contribution in [1.29, 1.82) is 0 Å². The van der Waals surface area contributed by atoms with Crippen LogP contribution in [-0.4, -0.2) is 28.5 Å². The Labute approximate surface area is 163 Å². The van der Waals surface area contributed by atoms with Gasteiger partial charge in [0.15, 0.2) is 0 Å². The number of carbonyl (C=O) groups excluding carboxylic acids is 2. The average molecular weight is 378 g/mol. The SMILES string of the molecule is O=C(Nc1ccc2c(c1)CCC2)[C@@H]1CS[C@]2(c3ccccc3)CCC(=O)N12. The van der Waals surface area contributed by atoms with Crippen molar-refractivity contribution in [3.63, 3.8) is 0 Å². The number of nitrogens with one attached hydrogen (secondary N) is 1. The minimum absolute atomic E-state index is 0.0755. The number of aryl methyl sites for hydroxylation is 2. The van der Waals surface area contributed by atoms with Gasteiger partial charge in [-0.1, -0.05) is 36.4 Å². The van der Waals surface area contributed by atoms with Crippen LogP contribution in [0.1, 0.15) is 36.0 Å². The first-order valence-corrected chi connectivity index (χ1v) is 10.6. The third-order valence-corrected chi connectivity index (χ3v) is 7.62. The molecule has 1 aliphatic carbocycles. The van der Waals surface area contributed by atoms with Gasteiger partial charge >= 0.3 is 0 Å². The van der Waals surface area contributed by atoms with Gasteiger partial charge in [-0.2, -0.15) is 0 Å². The molecular weight excluding hydrogens is 356 g/mol. The maximum absolute atomic E-state index is 13.1. The van der Waals surface area contributed by atoms with Gasteiger partial charge in [-0.15, -0.1) is 11.8 Å². The predicted molar refractivity (Wildman–Crippen MR) is 108 cm³/mol. The zero-order valence-corrected chi connectivity index (χ0v) is 15.9. The van der Waals surface area contributed by atoms with Gasteiger partial charge in [0.1, 0.15) is 10.9 Å². The Hall–Kier alpha value is -2.27. The zero-order chi connectivity index (χ0) is 18.4. The Morgan fingerprint density at radius 1 is 1.07 bits per heavy atom. The molecule has 5 rings (SSSR count). The highest BCUT2D eigenvalue weighted by molar-refractivity contribution is 8.00. The van der Waals surface area contributed by atoms with Crippen molar-refractivity contribution in [2.75, 3.05) is 11.1 Å². The van der Waals surface area contributed by atoms with E-state index >= 15 is 0 Å². The molecule has 2 amide bonds. The predicted octanol–water partition coefficient (Wildman–Crippen LogP) is 3.70. The van der Waals surface area contributed by atoms with E-state index in [1.807, 2.05) is 29.2 Å². The van der Waals surface area contributed by atoms with E-state index in [1.54, 1.807) is 11.8 Å². The molecule has 138 valence electrons. The van der Waals surface area contributed by atoms with E-state index in [-0.39, 0.29) is 11.8 Å². The van der Waals surface area contributed by atoms with Gasteiger partial charge in [-0.25, -0.2) is 0 Å². The van der Waals surface area contributed by atoms with Crippen LogP contribution in [0, 0.1) is 0 Å². The van der Waals surface area contributed by atoms with Crippen LogP contribution >= 0.6 is 11.8 Å². The number of benzene rings is 2. The first-order chi connectivity index (χ1) is 13.2. The molecule has 0 aromatic heterocycles. The summed E-state index contributed by atoms with van der Waals surface area (Å²) in [6.45, 7) is 0. The van der Waals surface area contributed by atoms with Crippen molar-refractivity contribution in [2.24, 2.45) is 0 Å². The van der Waals surface area contributed by atoms with Crippen molar-refractivity contribution >= 4 is 29.3 Å². The average Bonchev–Trinajstić information content (AvgIpc) is 3.38. The number of hydrogen-bond acceptors (Lipinski definition) is 3. The van der Waals surface area contributed by atoms with Crippen LogP contribution < -0.4 is 5.32 Å². The van der Waals surface area contributed by atoms with Crippen LogP contribution in [0.4, 0.5) is 5.69 Å². The van der Waals surface area contributed by atoms with Crippen LogP contribution in [0.15, 0.2) is 48.5 Å². The van der Waals surface area contributed by atoms with Gasteiger partial charge in [-0.3, -0.25) is 9.59 Å². The van der Waals surface area contributed by atoms with Crippen LogP contribution in [-0.2, 0) is 27.3 Å². The number of thioether (sulfide) groups is 1. The van der Waals surface area contributed by atoms with E-state index in [4.69, 9.17) is 0 Å². The molecule has 0 bridgehead atoms. The molecule has 0 radical (unpaired) electrons. The van der Waals surface area contributed by atoms with Crippen molar-refractivity contribution in [3.8, 4) is 0 Å². The molecule has 2 saturated heterocycles. The Kier molecular flexibility index (Phi) is 4.01. The molecule has 3 aliphatic rings. The maximum atomic E-state index is 13.1. The van der Waals surface area contributed by atoms with Gasteiger partial charge in [0.2, 0.25) is 11.8 Å². The van der Waals surface area contributed by atoms with Gasteiger partial charge in [0, 0.05) is 17.9 Å². The highest BCUT2D eigenvalue weighted by atomic mass is 32.2. The summed E-state index contributed by atoms with van der Waals surface area (Å²) in [5, 5.41) is 3.07. The summed E-state index contributed by atoms with van der Waals surface area (Å²) < 4.78 is 0. The summed E-state index contributed by atoms with van der Waals surface area (Å²) in [6.07, 6.45) is 4.67. The maximum Gasteiger partial charge on any atom is 0.248 e. The first kappa shape index (κ1) is 16.9. The zero-order valence-electron chi connectivity index (χ0n) is 15.1. The molecule has 0 spiro atoms. The summed E-state index contributed by atoms with van der Waals surface area (Å²) in [5.41, 5.74) is 4.69. The monoisotopic (exact) mass is 378 g/mol. The minimum Gasteiger partial charge on any atom is -0.324 e. The van der Waals surface area contributed by atoms with Crippen molar-refractivity contribution in [3.05, 3.63) is 65.2 Å². The molecule has 0 saturated carbocycles. The highest BCUT2D eigenvalue weighted by Crippen LogP contribution is 2.54. The van der Waals surface area contributed by atoms with E-state index in [0.717, 1.165) is 30.5 Å². The summed E-state index contributed by atoms with van der Waals surface area (Å²) >= 11 is 1.73. The highest BCUT2D eigenvalue weighted by Gasteiger charge is 2.56. The van der Waals surface area contributed by atoms with E-state index < -0.39 is 10.9 Å². The molecular formula is C22H22N2O2S. The van der Waals surface area contributed by atoms with E-state index in [0.29, 0.717) is 12.2 Å². The van der Waals surface area contributed by atoms with Crippen LogP contribution in [0.25, 0.3) is 0 Å². The smallest absolute Gasteiger partial charge is 0.248 e. The molecule has 5 heteroatoms. The fourth-order valence-electron chi connectivity index (χ4n) is 4.71. The molecule has 2 heterocycles. The molecule has 27 heavy (non-hydrogen) atoms. The lowest BCUT2D eigenvalue weighted by Crippen LogP contribution is -2.48. The lowest BCUT2D eigenvalue weighted by atomic mass is 10.0. The summed E-state index contributed by atoms with van der Waals surface area (Å²) in [7, 11) is 0. The van der Waals surface area contributed by atoms with Crippen LogP contribution in [0.5, 0.6) is 0 Å². The number of fused-ring (bicyclic) bond motifs is 2. The van der Waals surface area contributed by atoms with Gasteiger partial charge in [0.25, 0.3) is 0 Å². The Balaban J connectivity index is 1.41. The molecule has 2 fully saturated rings. The lowest BCUT2D eigenvalue weighted by molar-refractivity contribution is -0.136. The largest absolute Gasteiger partial charge is 0.324 e. The third-order valence-electron chi connectivity index (χ3n) is 6.02. The Morgan fingerprint density at radius 3 is 2.74 bits per heavy atom. The topological polar surface area (TPSA) is 49.4 Å². The second kappa shape index (κ2) is 6.41. The Morgan fingerprint density at radius 2 is 1.89 bits per heavy atom. The van der Waals surface area contributed by atoms with Crippen molar-refractivity contribution in [2.45, 2.75) is 43.0 Å². The normalized spacial score (nSPS) is 26.1. The minimum atomic E-state index is -0.418. The van der Waals surface area contributed by atoms with E-state index in [1.165, 1.54) is 17.5 Å². The third kappa shape index (κ3) is 2.67. The molecule has 0 unspecified atom stereocenters. The molecule has 2 aromatic carbocycles. The Bertz CT molecular complexity index is 914. The number of anilines is 1. The number of amides is 2. The second-order valence-electron chi connectivity index (χ2n) is 7.57. The van der Waals surface area contributed by atoms with Crippen LogP contribution in [0.2, 0.25) is 0 Å². The standard InChI is InChI=1S/C22H22N2O2S/c25-20-11-12-22(17-7-2-1-3-8-17)24(20)19(14-27-22)21(26)23-18-10-9-15-5-4-6-16(15)13-18/h1-3,7-10,13,19H,4-6,11-12,14H2,(H,23,26)/t19-,22-/m0/s1. The van der Waals surface area contributed by atoms with Crippen molar-refractivity contribution in [1.82, 2.24) is 4.90 Å². The number of carbonyl (C=O) groups is 2. The summed E-state index contributed by atoms with van der Waals surface area (Å²) in [6, 6.07) is 15.9. The van der Waals surface area contributed by atoms with Gasteiger partial charge in [-0.05, 0) is 54.5 Å². The van der Waals surface area contributed by atoms with E-state index in [9.17, 15) is 9.59 Å². The summed E-state index contributed by atoms with van der Waals surface area (Å²) in [5.74, 6) is 0.642. The second-order valence-corrected chi connectivity index (χ2v) is 8.86. The summed E-state index contributed by atoms with van der Waals surface area (Å²) in [4.78, 5) is 27.2. The molecule has 2 atom stereocenters. The number of nitrogens with zero attached hydrogens (tertiary/aromatic N) is 1. The molecule has 1 N–H and O–H groups in total. The lowest BCUT2D eigenvalue weighted by Gasteiger charge is -2.34. The van der Waals surface area contributed by atoms with Gasteiger partial charge in [0.05, 0.1) is 0 Å². The first-order valence-electron chi connectivity index (χ1n) is 9.62. The van der Waals surface area contributed by atoms with E-state index in [2.05, 4.69) is 29.6 Å². The fourth-order valence-corrected chi connectivity index (χ4v) is 6.36. The molecule has 4 nitrogen and oxygen atoms in total. The van der Waals surface area contributed by atoms with Crippen molar-refractivity contribution < 1.29 is 9.59 Å². The van der Waals surface area contributed by atoms with Crippen LogP contribution in [0.3, 0.4) is 0 Å². The fraction of sp³-hybridized carbons (Fsp3) is 0.364. The molecule has 2 aromatic rings. The quantitative estimate of drug-likeness (QED) is 0.886. The number of rotatable bonds is 3. The number of hydrogen-bond donors (Lipinski definition) is 1. The van der Waals surface area contributed by atoms with Gasteiger partial charge < -0.3 is 10.2 Å². The molecule has 2 aliphatic heterocycles.